The molecule has 2 amide bonds. The second-order valence-electron chi connectivity index (χ2n) is 11.6. The number of aryl methyl sites for hydroxylation is 3. The number of nitrogens with zero attached hydrogens (tertiary/aromatic N) is 2. The monoisotopic (exact) mass is 625 g/mol. The van der Waals surface area contributed by atoms with Crippen LogP contribution in [0.15, 0.2) is 108 Å². The van der Waals surface area contributed by atoms with Gasteiger partial charge in [0.05, 0.1) is 10.6 Å². The van der Waals surface area contributed by atoms with E-state index in [1.807, 2.05) is 101 Å². The van der Waals surface area contributed by atoms with Crippen molar-refractivity contribution in [3.8, 4) is 0 Å². The standard InChI is InChI=1S/C37H43N3O4S/c1-6-30(5)38-37(42)35(24-31-16-8-7-9-17-31)39(25-32-18-12-10-14-28(32)3)36(41)26-40(34-19-13-11-15-29(34)4)45(43,44)33-22-20-27(2)21-23-33/h7-23,30,35H,6,24-26H2,1-5H3,(H,38,42)/t30-,35+/m1/s1. The zero-order chi connectivity index (χ0) is 32.6. The van der Waals surface area contributed by atoms with Gasteiger partial charge < -0.3 is 10.2 Å². The van der Waals surface area contributed by atoms with Crippen molar-refractivity contribution in [1.29, 1.82) is 0 Å². The summed E-state index contributed by atoms with van der Waals surface area (Å²) in [5, 5.41) is 3.08. The van der Waals surface area contributed by atoms with Crippen molar-refractivity contribution in [2.45, 2.75) is 71.0 Å². The first-order valence-corrected chi connectivity index (χ1v) is 16.8. The highest BCUT2D eigenvalue weighted by Crippen LogP contribution is 2.28. The molecule has 0 unspecified atom stereocenters. The Hall–Kier alpha value is -4.43. The van der Waals surface area contributed by atoms with Crippen LogP contribution in [0.1, 0.15) is 48.1 Å². The second-order valence-corrected chi connectivity index (χ2v) is 13.4. The molecule has 45 heavy (non-hydrogen) atoms. The minimum atomic E-state index is -4.15. The van der Waals surface area contributed by atoms with Crippen LogP contribution in [0.25, 0.3) is 0 Å². The molecule has 0 aliphatic heterocycles. The van der Waals surface area contributed by atoms with Gasteiger partial charge in [-0.25, -0.2) is 8.42 Å². The predicted octanol–water partition coefficient (Wildman–Crippen LogP) is 6.36. The largest absolute Gasteiger partial charge is 0.352 e. The Morgan fingerprint density at radius 1 is 0.778 bits per heavy atom. The first-order chi connectivity index (χ1) is 21.5. The van der Waals surface area contributed by atoms with E-state index in [-0.39, 0.29) is 29.8 Å². The number of para-hydroxylation sites is 1. The highest BCUT2D eigenvalue weighted by Gasteiger charge is 2.35. The Kier molecular flexibility index (Phi) is 11.2. The van der Waals surface area contributed by atoms with E-state index < -0.39 is 28.5 Å². The van der Waals surface area contributed by atoms with Gasteiger partial charge in [-0.15, -0.1) is 0 Å². The van der Waals surface area contributed by atoms with Crippen LogP contribution in [0.5, 0.6) is 0 Å². The molecular formula is C37H43N3O4S. The lowest BCUT2D eigenvalue weighted by Crippen LogP contribution is -2.54. The molecule has 0 aliphatic rings. The minimum Gasteiger partial charge on any atom is -0.352 e. The summed E-state index contributed by atoms with van der Waals surface area (Å²) in [6.07, 6.45) is 1.00. The lowest BCUT2D eigenvalue weighted by Gasteiger charge is -2.35. The Labute approximate surface area is 268 Å². The molecule has 8 heteroatoms. The normalized spacial score (nSPS) is 12.6. The van der Waals surface area contributed by atoms with Gasteiger partial charge in [0.2, 0.25) is 11.8 Å². The van der Waals surface area contributed by atoms with Crippen molar-refractivity contribution in [2.24, 2.45) is 0 Å². The van der Waals surface area contributed by atoms with E-state index in [9.17, 15) is 18.0 Å². The number of benzene rings is 4. The van der Waals surface area contributed by atoms with Crippen LogP contribution < -0.4 is 9.62 Å². The van der Waals surface area contributed by atoms with Crippen LogP contribution in [0.2, 0.25) is 0 Å². The number of rotatable bonds is 13. The molecule has 0 radical (unpaired) electrons. The quantitative estimate of drug-likeness (QED) is 0.187. The van der Waals surface area contributed by atoms with Crippen molar-refractivity contribution in [1.82, 2.24) is 10.2 Å². The van der Waals surface area contributed by atoms with Crippen LogP contribution >= 0.6 is 0 Å². The number of hydrogen-bond acceptors (Lipinski definition) is 4. The Bertz CT molecular complexity index is 1710. The number of carbonyl (C=O) groups excluding carboxylic acids is 2. The van der Waals surface area contributed by atoms with E-state index in [4.69, 9.17) is 0 Å². The summed E-state index contributed by atoms with van der Waals surface area (Å²) in [7, 11) is -4.15. The average Bonchev–Trinajstić information content (AvgIpc) is 3.03. The lowest BCUT2D eigenvalue weighted by atomic mass is 10.0. The van der Waals surface area contributed by atoms with Gasteiger partial charge in [-0.05, 0) is 74.6 Å². The number of anilines is 1. The summed E-state index contributed by atoms with van der Waals surface area (Å²) in [4.78, 5) is 30.2. The van der Waals surface area contributed by atoms with Crippen molar-refractivity contribution in [3.63, 3.8) is 0 Å². The molecule has 0 fully saturated rings. The summed E-state index contributed by atoms with van der Waals surface area (Å²) in [6.45, 7) is 9.26. The van der Waals surface area contributed by atoms with Crippen molar-refractivity contribution in [2.75, 3.05) is 10.8 Å². The molecule has 4 aromatic carbocycles. The average molecular weight is 626 g/mol. The van der Waals surface area contributed by atoms with Crippen LogP contribution in [-0.2, 0) is 32.6 Å². The van der Waals surface area contributed by atoms with Crippen LogP contribution in [0, 0.1) is 20.8 Å². The molecule has 0 heterocycles. The maximum atomic E-state index is 14.6. The highest BCUT2D eigenvalue weighted by atomic mass is 32.2. The fourth-order valence-electron chi connectivity index (χ4n) is 5.16. The zero-order valence-corrected chi connectivity index (χ0v) is 27.6. The Morgan fingerprint density at radius 2 is 1.38 bits per heavy atom. The molecule has 7 nitrogen and oxygen atoms in total. The van der Waals surface area contributed by atoms with E-state index in [1.165, 1.54) is 4.31 Å². The zero-order valence-electron chi connectivity index (χ0n) is 26.7. The number of nitrogens with one attached hydrogen (secondary N) is 1. The predicted molar refractivity (Wildman–Crippen MR) is 180 cm³/mol. The fourth-order valence-corrected chi connectivity index (χ4v) is 6.64. The number of sulfonamides is 1. The summed E-state index contributed by atoms with van der Waals surface area (Å²) < 4.78 is 29.6. The van der Waals surface area contributed by atoms with Gasteiger partial charge in [0.1, 0.15) is 12.6 Å². The molecular weight excluding hydrogens is 582 g/mol. The van der Waals surface area contributed by atoms with Crippen molar-refractivity contribution >= 4 is 27.5 Å². The maximum absolute atomic E-state index is 14.6. The van der Waals surface area contributed by atoms with Crippen molar-refractivity contribution < 1.29 is 18.0 Å². The molecule has 0 aliphatic carbocycles. The molecule has 0 bridgehead atoms. The third-order valence-corrected chi connectivity index (χ3v) is 9.92. The third kappa shape index (κ3) is 8.39. The molecule has 2 atom stereocenters. The summed E-state index contributed by atoms with van der Waals surface area (Å²) >= 11 is 0. The molecule has 0 saturated heterocycles. The summed E-state index contributed by atoms with van der Waals surface area (Å²) in [6, 6.07) is 30.0. The van der Waals surface area contributed by atoms with Gasteiger partial charge in [0.15, 0.2) is 0 Å². The third-order valence-electron chi connectivity index (χ3n) is 8.15. The first-order valence-electron chi connectivity index (χ1n) is 15.3. The molecule has 0 saturated carbocycles. The van der Waals surface area contributed by atoms with Gasteiger partial charge >= 0.3 is 0 Å². The van der Waals surface area contributed by atoms with Crippen LogP contribution in [0.3, 0.4) is 0 Å². The van der Waals surface area contributed by atoms with Crippen LogP contribution in [-0.4, -0.2) is 43.8 Å². The van der Waals surface area contributed by atoms with Crippen molar-refractivity contribution in [3.05, 3.63) is 131 Å². The molecule has 0 spiro atoms. The van der Waals surface area contributed by atoms with E-state index in [0.717, 1.165) is 28.7 Å². The van der Waals surface area contributed by atoms with Gasteiger partial charge in [-0.2, -0.15) is 0 Å². The number of carbonyl (C=O) groups is 2. The first kappa shape index (κ1) is 33.5. The highest BCUT2D eigenvalue weighted by molar-refractivity contribution is 7.92. The number of hydrogen-bond donors (Lipinski definition) is 1. The second kappa shape index (κ2) is 15.0. The van der Waals surface area contributed by atoms with Gasteiger partial charge in [0.25, 0.3) is 10.0 Å². The summed E-state index contributed by atoms with van der Waals surface area (Å²) in [5.74, 6) is -0.753. The molecule has 1 N–H and O–H groups in total. The van der Waals surface area contributed by atoms with Crippen LogP contribution in [0.4, 0.5) is 5.69 Å². The van der Waals surface area contributed by atoms with Gasteiger partial charge in [0, 0.05) is 19.0 Å². The molecule has 4 aromatic rings. The Morgan fingerprint density at radius 3 is 2.00 bits per heavy atom. The Balaban J connectivity index is 1.83. The minimum absolute atomic E-state index is 0.0879. The summed E-state index contributed by atoms with van der Waals surface area (Å²) in [5.41, 5.74) is 4.79. The molecule has 4 rings (SSSR count). The smallest absolute Gasteiger partial charge is 0.264 e. The van der Waals surface area contributed by atoms with E-state index >= 15 is 0 Å². The van der Waals surface area contributed by atoms with E-state index in [0.29, 0.717) is 11.3 Å². The SMILES string of the molecule is CC[C@@H](C)NC(=O)[C@H](Cc1ccccc1)N(Cc1ccccc1C)C(=O)CN(c1ccccc1C)S(=O)(=O)c1ccc(C)cc1. The lowest BCUT2D eigenvalue weighted by molar-refractivity contribution is -0.140. The van der Waals surface area contributed by atoms with Gasteiger partial charge in [-0.1, -0.05) is 97.4 Å². The van der Waals surface area contributed by atoms with Gasteiger partial charge in [-0.3, -0.25) is 13.9 Å². The topological polar surface area (TPSA) is 86.8 Å². The number of amides is 2. The fraction of sp³-hybridized carbons (Fsp3) is 0.297. The van der Waals surface area contributed by atoms with E-state index in [2.05, 4.69) is 5.32 Å². The molecule has 0 aromatic heterocycles. The molecule has 236 valence electrons. The maximum Gasteiger partial charge on any atom is 0.264 e. The van der Waals surface area contributed by atoms with E-state index in [1.54, 1.807) is 41.3 Å².